The van der Waals surface area contributed by atoms with E-state index in [1.54, 1.807) is 6.26 Å². The molecule has 74 valence electrons. The predicted molar refractivity (Wildman–Crippen MR) is 54.7 cm³/mol. The van der Waals surface area contributed by atoms with E-state index in [-0.39, 0.29) is 5.54 Å². The molecule has 1 N–H and O–H groups in total. The van der Waals surface area contributed by atoms with Gasteiger partial charge in [0.2, 0.25) is 0 Å². The predicted octanol–water partition coefficient (Wildman–Crippen LogP) is 2.87. The standard InChI is InChI=1S/C11H19NO/c1-5-11(3,4)12-8-10-9(2)6-7-13-10/h6-7,12H,5,8H2,1-4H3. The van der Waals surface area contributed by atoms with Crippen molar-refractivity contribution in [3.05, 3.63) is 23.7 Å². The van der Waals surface area contributed by atoms with E-state index in [2.05, 4.69) is 33.0 Å². The summed E-state index contributed by atoms with van der Waals surface area (Å²) in [7, 11) is 0. The van der Waals surface area contributed by atoms with Crippen molar-refractivity contribution >= 4 is 0 Å². The molecule has 0 saturated carbocycles. The van der Waals surface area contributed by atoms with Gasteiger partial charge in [-0.25, -0.2) is 0 Å². The Bertz CT molecular complexity index is 263. The van der Waals surface area contributed by atoms with Crippen molar-refractivity contribution in [2.24, 2.45) is 0 Å². The molecule has 1 rings (SSSR count). The molecule has 0 radical (unpaired) electrons. The maximum absolute atomic E-state index is 5.34. The minimum absolute atomic E-state index is 0.194. The Morgan fingerprint density at radius 2 is 2.15 bits per heavy atom. The van der Waals surface area contributed by atoms with E-state index < -0.39 is 0 Å². The fourth-order valence-electron chi connectivity index (χ4n) is 1.03. The van der Waals surface area contributed by atoms with Crippen LogP contribution in [0.5, 0.6) is 0 Å². The first-order valence-electron chi connectivity index (χ1n) is 4.83. The first-order chi connectivity index (χ1) is 6.05. The molecule has 13 heavy (non-hydrogen) atoms. The second-order valence-corrected chi connectivity index (χ2v) is 4.12. The highest BCUT2D eigenvalue weighted by Gasteiger charge is 2.14. The smallest absolute Gasteiger partial charge is 0.120 e. The molecule has 0 spiro atoms. The summed E-state index contributed by atoms with van der Waals surface area (Å²) in [4.78, 5) is 0. The van der Waals surface area contributed by atoms with Crippen LogP contribution in [0.4, 0.5) is 0 Å². The van der Waals surface area contributed by atoms with Gasteiger partial charge in [0, 0.05) is 5.54 Å². The van der Waals surface area contributed by atoms with Crippen molar-refractivity contribution in [3.8, 4) is 0 Å². The molecule has 0 aliphatic rings. The van der Waals surface area contributed by atoms with Crippen LogP contribution in [-0.4, -0.2) is 5.54 Å². The number of hydrogen-bond acceptors (Lipinski definition) is 2. The highest BCUT2D eigenvalue weighted by atomic mass is 16.3. The third-order valence-corrected chi connectivity index (χ3v) is 2.58. The van der Waals surface area contributed by atoms with Crippen LogP contribution in [0.3, 0.4) is 0 Å². The first kappa shape index (κ1) is 10.3. The quantitative estimate of drug-likeness (QED) is 0.772. The molecule has 1 heterocycles. The van der Waals surface area contributed by atoms with Gasteiger partial charge in [-0.15, -0.1) is 0 Å². The molecule has 0 amide bonds. The Morgan fingerprint density at radius 3 is 2.62 bits per heavy atom. The minimum atomic E-state index is 0.194. The molecule has 2 heteroatoms. The molecule has 0 aliphatic heterocycles. The minimum Gasteiger partial charge on any atom is -0.468 e. The molecule has 0 unspecified atom stereocenters. The number of hydrogen-bond donors (Lipinski definition) is 1. The van der Waals surface area contributed by atoms with Crippen LogP contribution in [0, 0.1) is 6.92 Å². The van der Waals surface area contributed by atoms with Gasteiger partial charge in [0.15, 0.2) is 0 Å². The largest absolute Gasteiger partial charge is 0.468 e. The van der Waals surface area contributed by atoms with Crippen LogP contribution in [-0.2, 0) is 6.54 Å². The summed E-state index contributed by atoms with van der Waals surface area (Å²) >= 11 is 0. The summed E-state index contributed by atoms with van der Waals surface area (Å²) in [6, 6.07) is 2.00. The molecule has 0 bridgehead atoms. The van der Waals surface area contributed by atoms with E-state index in [9.17, 15) is 0 Å². The average molecular weight is 181 g/mol. The molecule has 0 fully saturated rings. The molecule has 0 atom stereocenters. The highest BCUT2D eigenvalue weighted by Crippen LogP contribution is 2.12. The lowest BCUT2D eigenvalue weighted by Crippen LogP contribution is -2.37. The van der Waals surface area contributed by atoms with E-state index in [0.717, 1.165) is 18.7 Å². The summed E-state index contributed by atoms with van der Waals surface area (Å²) in [5.41, 5.74) is 1.42. The van der Waals surface area contributed by atoms with Crippen LogP contribution in [0.15, 0.2) is 16.7 Å². The topological polar surface area (TPSA) is 25.2 Å². The monoisotopic (exact) mass is 181 g/mol. The second kappa shape index (κ2) is 3.97. The number of aryl methyl sites for hydroxylation is 1. The Morgan fingerprint density at radius 1 is 1.46 bits per heavy atom. The molecule has 0 aliphatic carbocycles. The van der Waals surface area contributed by atoms with Crippen molar-refractivity contribution in [3.63, 3.8) is 0 Å². The zero-order valence-corrected chi connectivity index (χ0v) is 8.98. The fourth-order valence-corrected chi connectivity index (χ4v) is 1.03. The van der Waals surface area contributed by atoms with Crippen LogP contribution in [0.1, 0.15) is 38.5 Å². The van der Waals surface area contributed by atoms with Gasteiger partial charge in [0.1, 0.15) is 5.76 Å². The van der Waals surface area contributed by atoms with Crippen LogP contribution in [0.25, 0.3) is 0 Å². The molecule has 0 saturated heterocycles. The summed E-state index contributed by atoms with van der Waals surface area (Å²) < 4.78 is 5.34. The van der Waals surface area contributed by atoms with Gasteiger partial charge < -0.3 is 9.73 Å². The lowest BCUT2D eigenvalue weighted by molar-refractivity contribution is 0.351. The Labute approximate surface area is 80.3 Å². The third kappa shape index (κ3) is 2.88. The molecule has 1 aromatic rings. The van der Waals surface area contributed by atoms with Gasteiger partial charge >= 0.3 is 0 Å². The van der Waals surface area contributed by atoms with E-state index in [1.807, 2.05) is 6.07 Å². The average Bonchev–Trinajstić information content (AvgIpc) is 2.48. The van der Waals surface area contributed by atoms with Gasteiger partial charge in [0.25, 0.3) is 0 Å². The number of nitrogens with one attached hydrogen (secondary N) is 1. The second-order valence-electron chi connectivity index (χ2n) is 4.12. The SMILES string of the molecule is CCC(C)(C)NCc1occc1C. The van der Waals surface area contributed by atoms with Gasteiger partial charge in [-0.05, 0) is 38.8 Å². The van der Waals surface area contributed by atoms with Crippen molar-refractivity contribution < 1.29 is 4.42 Å². The zero-order chi connectivity index (χ0) is 9.90. The maximum atomic E-state index is 5.34. The first-order valence-corrected chi connectivity index (χ1v) is 4.83. The van der Waals surface area contributed by atoms with Crippen LogP contribution >= 0.6 is 0 Å². The Kier molecular flexibility index (Phi) is 3.15. The summed E-state index contributed by atoms with van der Waals surface area (Å²) in [6.45, 7) is 9.47. The van der Waals surface area contributed by atoms with Gasteiger partial charge in [0.05, 0.1) is 12.8 Å². The van der Waals surface area contributed by atoms with E-state index in [0.29, 0.717) is 0 Å². The molecule has 2 nitrogen and oxygen atoms in total. The zero-order valence-electron chi connectivity index (χ0n) is 8.98. The van der Waals surface area contributed by atoms with Crippen molar-refractivity contribution in [1.82, 2.24) is 5.32 Å². The molecule has 1 aromatic heterocycles. The van der Waals surface area contributed by atoms with E-state index in [4.69, 9.17) is 4.42 Å². The third-order valence-electron chi connectivity index (χ3n) is 2.58. The lowest BCUT2D eigenvalue weighted by Gasteiger charge is -2.24. The summed E-state index contributed by atoms with van der Waals surface area (Å²) in [5, 5.41) is 3.46. The van der Waals surface area contributed by atoms with Gasteiger partial charge in [-0.2, -0.15) is 0 Å². The summed E-state index contributed by atoms with van der Waals surface area (Å²) in [5.74, 6) is 1.04. The number of rotatable bonds is 4. The maximum Gasteiger partial charge on any atom is 0.120 e. The molecular formula is C11H19NO. The molecule has 0 aromatic carbocycles. The molecular weight excluding hydrogens is 162 g/mol. The van der Waals surface area contributed by atoms with Crippen LogP contribution in [0.2, 0.25) is 0 Å². The van der Waals surface area contributed by atoms with Gasteiger partial charge in [-0.3, -0.25) is 0 Å². The fraction of sp³-hybridized carbons (Fsp3) is 0.636. The highest BCUT2D eigenvalue weighted by molar-refractivity contribution is 5.14. The van der Waals surface area contributed by atoms with Gasteiger partial charge in [-0.1, -0.05) is 6.92 Å². The van der Waals surface area contributed by atoms with E-state index in [1.165, 1.54) is 5.56 Å². The summed E-state index contributed by atoms with van der Waals surface area (Å²) in [6.07, 6.45) is 2.86. The number of furan rings is 1. The lowest BCUT2D eigenvalue weighted by atomic mass is 10.0. The van der Waals surface area contributed by atoms with Crippen LogP contribution < -0.4 is 5.32 Å². The van der Waals surface area contributed by atoms with Crippen molar-refractivity contribution in [2.75, 3.05) is 0 Å². The van der Waals surface area contributed by atoms with E-state index >= 15 is 0 Å². The normalized spacial score (nSPS) is 12.0. The Balaban J connectivity index is 2.48. The van der Waals surface area contributed by atoms with Crippen molar-refractivity contribution in [2.45, 2.75) is 46.2 Å². The van der Waals surface area contributed by atoms with Crippen molar-refractivity contribution in [1.29, 1.82) is 0 Å². The Hall–Kier alpha value is -0.760.